The number of ether oxygens (including phenoxy) is 1. The monoisotopic (exact) mass is 657 g/mol. The average Bonchev–Trinajstić information content (AvgIpc) is 2.96. The zero-order chi connectivity index (χ0) is 30.7. The number of para-hydroxylation sites is 2. The maximum atomic E-state index is 13.9. The van der Waals surface area contributed by atoms with Crippen molar-refractivity contribution < 1.29 is 22.7 Å². The number of carbonyl (C=O) groups excluding carboxylic acids is 2. The molecule has 0 aliphatic heterocycles. The fourth-order valence-electron chi connectivity index (χ4n) is 4.58. The Kier molecular flexibility index (Phi) is 12.4. The molecule has 0 bridgehead atoms. The van der Waals surface area contributed by atoms with Crippen LogP contribution in [0.2, 0.25) is 0 Å². The van der Waals surface area contributed by atoms with Crippen molar-refractivity contribution in [3.63, 3.8) is 0 Å². The van der Waals surface area contributed by atoms with Crippen molar-refractivity contribution in [1.29, 1.82) is 0 Å². The number of carbonyl (C=O) groups is 2. The zero-order valence-corrected chi connectivity index (χ0v) is 27.0. The second kappa shape index (κ2) is 15.7. The molecule has 226 valence electrons. The lowest BCUT2D eigenvalue weighted by atomic mass is 10.0. The molecular weight excluding hydrogens is 618 g/mol. The number of nitrogens with zero attached hydrogens (tertiary/aromatic N) is 2. The molecule has 1 atom stereocenters. The molecule has 0 saturated heterocycles. The van der Waals surface area contributed by atoms with Crippen LogP contribution in [0.1, 0.15) is 37.8 Å². The molecule has 0 aliphatic rings. The number of benzene rings is 3. The minimum atomic E-state index is -3.65. The van der Waals surface area contributed by atoms with Crippen LogP contribution in [0.3, 0.4) is 0 Å². The van der Waals surface area contributed by atoms with Crippen LogP contribution in [0.15, 0.2) is 83.3 Å². The molecule has 42 heavy (non-hydrogen) atoms. The third-order valence-electron chi connectivity index (χ3n) is 6.73. The molecule has 10 heteroatoms. The molecular formula is C32H40BrN3O5S. The number of hydrogen-bond acceptors (Lipinski definition) is 5. The van der Waals surface area contributed by atoms with Gasteiger partial charge in [0.05, 0.1) is 19.1 Å². The van der Waals surface area contributed by atoms with Crippen LogP contribution in [0, 0.1) is 5.92 Å². The first-order chi connectivity index (χ1) is 20.0. The van der Waals surface area contributed by atoms with Crippen molar-refractivity contribution in [1.82, 2.24) is 10.2 Å². The van der Waals surface area contributed by atoms with Crippen molar-refractivity contribution in [2.45, 2.75) is 45.7 Å². The smallest absolute Gasteiger partial charge is 0.243 e. The summed E-state index contributed by atoms with van der Waals surface area (Å²) in [6, 6.07) is 23.4. The van der Waals surface area contributed by atoms with E-state index in [2.05, 4.69) is 21.2 Å². The molecule has 0 aliphatic carbocycles. The maximum Gasteiger partial charge on any atom is 0.243 e. The van der Waals surface area contributed by atoms with Crippen LogP contribution in [-0.2, 0) is 32.6 Å². The van der Waals surface area contributed by atoms with Crippen LogP contribution in [-0.4, -0.2) is 57.6 Å². The van der Waals surface area contributed by atoms with Gasteiger partial charge in [-0.2, -0.15) is 0 Å². The molecule has 0 heterocycles. The predicted octanol–water partition coefficient (Wildman–Crippen LogP) is 5.42. The fourth-order valence-corrected chi connectivity index (χ4v) is 5.81. The van der Waals surface area contributed by atoms with E-state index in [0.717, 1.165) is 21.9 Å². The molecule has 3 aromatic carbocycles. The molecule has 3 aromatic rings. The molecule has 8 nitrogen and oxygen atoms in total. The van der Waals surface area contributed by atoms with Crippen LogP contribution in [0.5, 0.6) is 5.75 Å². The molecule has 3 rings (SSSR count). The lowest BCUT2D eigenvalue weighted by Gasteiger charge is -2.32. The van der Waals surface area contributed by atoms with E-state index in [9.17, 15) is 18.0 Å². The van der Waals surface area contributed by atoms with Gasteiger partial charge in [0.2, 0.25) is 21.8 Å². The largest absolute Gasteiger partial charge is 0.495 e. The third-order valence-corrected chi connectivity index (χ3v) is 8.44. The Morgan fingerprint density at radius 1 is 0.929 bits per heavy atom. The highest BCUT2D eigenvalue weighted by Gasteiger charge is 2.31. The highest BCUT2D eigenvalue weighted by molar-refractivity contribution is 9.10. The standard InChI is InChI=1S/C32H40BrN3O5S/c1-24(2)22-34-32(38)29(21-25-11-6-5-7-12-25)35(23-26-16-18-27(33)19-17-26)31(37)15-10-20-36(42(4,39)40)28-13-8-9-14-30(28)41-3/h5-9,11-14,16-19,24,29H,10,15,20-23H2,1-4H3,(H,34,38). The van der Waals surface area contributed by atoms with E-state index in [4.69, 9.17) is 4.74 Å². The lowest BCUT2D eigenvalue weighted by Crippen LogP contribution is -2.51. The minimum absolute atomic E-state index is 0.0560. The summed E-state index contributed by atoms with van der Waals surface area (Å²) in [6.45, 7) is 4.85. The quantitative estimate of drug-likeness (QED) is 0.236. The van der Waals surface area contributed by atoms with Gasteiger partial charge in [0, 0.05) is 36.9 Å². The Morgan fingerprint density at radius 2 is 1.57 bits per heavy atom. The first-order valence-corrected chi connectivity index (χ1v) is 16.6. The van der Waals surface area contributed by atoms with Gasteiger partial charge >= 0.3 is 0 Å². The van der Waals surface area contributed by atoms with Crippen LogP contribution < -0.4 is 14.4 Å². The van der Waals surface area contributed by atoms with Crippen molar-refractivity contribution in [2.24, 2.45) is 5.92 Å². The summed E-state index contributed by atoms with van der Waals surface area (Å²) < 4.78 is 33.0. The van der Waals surface area contributed by atoms with Gasteiger partial charge < -0.3 is 15.0 Å². The third kappa shape index (κ3) is 9.87. The number of methoxy groups -OCH3 is 1. The van der Waals surface area contributed by atoms with Gasteiger partial charge in [-0.15, -0.1) is 0 Å². The Bertz CT molecular complexity index is 1420. The zero-order valence-electron chi connectivity index (χ0n) is 24.6. The fraction of sp³-hybridized carbons (Fsp3) is 0.375. The van der Waals surface area contributed by atoms with Gasteiger partial charge in [0.25, 0.3) is 0 Å². The van der Waals surface area contributed by atoms with E-state index in [1.165, 1.54) is 11.4 Å². The number of rotatable bonds is 15. The van der Waals surface area contributed by atoms with E-state index in [1.54, 1.807) is 29.2 Å². The van der Waals surface area contributed by atoms with Crippen molar-refractivity contribution >= 4 is 43.5 Å². The first kappa shape index (κ1) is 33.1. The molecule has 0 radical (unpaired) electrons. The second-order valence-electron chi connectivity index (χ2n) is 10.6. The summed E-state index contributed by atoms with van der Waals surface area (Å²) in [4.78, 5) is 29.1. The van der Waals surface area contributed by atoms with E-state index in [0.29, 0.717) is 24.4 Å². The van der Waals surface area contributed by atoms with Crippen LogP contribution >= 0.6 is 15.9 Å². The SMILES string of the molecule is COc1ccccc1N(CCCC(=O)N(Cc1ccc(Br)cc1)C(Cc1ccccc1)C(=O)NCC(C)C)S(C)(=O)=O. The lowest BCUT2D eigenvalue weighted by molar-refractivity contribution is -0.141. The van der Waals surface area contributed by atoms with E-state index >= 15 is 0 Å². The van der Waals surface area contributed by atoms with Crippen molar-refractivity contribution in [3.8, 4) is 5.75 Å². The minimum Gasteiger partial charge on any atom is -0.495 e. The molecule has 1 unspecified atom stereocenters. The first-order valence-electron chi connectivity index (χ1n) is 14.0. The normalized spacial score (nSPS) is 12.0. The van der Waals surface area contributed by atoms with E-state index < -0.39 is 16.1 Å². The van der Waals surface area contributed by atoms with Gasteiger partial charge in [-0.1, -0.05) is 84.4 Å². The highest BCUT2D eigenvalue weighted by atomic mass is 79.9. The summed E-state index contributed by atoms with van der Waals surface area (Å²) >= 11 is 3.46. The number of hydrogen-bond donors (Lipinski definition) is 1. The van der Waals surface area contributed by atoms with Crippen molar-refractivity contribution in [3.05, 3.63) is 94.5 Å². The average molecular weight is 659 g/mol. The predicted molar refractivity (Wildman–Crippen MR) is 171 cm³/mol. The highest BCUT2D eigenvalue weighted by Crippen LogP contribution is 2.30. The van der Waals surface area contributed by atoms with Crippen LogP contribution in [0.25, 0.3) is 0 Å². The second-order valence-corrected chi connectivity index (χ2v) is 13.4. The number of amides is 2. The molecule has 0 saturated carbocycles. The molecule has 0 aromatic heterocycles. The molecule has 2 amide bonds. The Labute approximate surface area is 258 Å². The summed E-state index contributed by atoms with van der Waals surface area (Å²) in [5.74, 6) is 0.228. The molecule has 0 fully saturated rings. The summed E-state index contributed by atoms with van der Waals surface area (Å²) in [5, 5.41) is 3.02. The number of halogens is 1. The Balaban J connectivity index is 1.89. The van der Waals surface area contributed by atoms with Gasteiger partial charge in [-0.05, 0) is 47.7 Å². The van der Waals surface area contributed by atoms with Gasteiger partial charge in [0.1, 0.15) is 11.8 Å². The summed E-state index contributed by atoms with van der Waals surface area (Å²) in [5.41, 5.74) is 2.24. The molecule has 0 spiro atoms. The number of nitrogens with one attached hydrogen (secondary N) is 1. The van der Waals surface area contributed by atoms with Gasteiger partial charge in [-0.3, -0.25) is 13.9 Å². The molecule has 1 N–H and O–H groups in total. The topological polar surface area (TPSA) is 96.0 Å². The van der Waals surface area contributed by atoms with Crippen LogP contribution in [0.4, 0.5) is 5.69 Å². The van der Waals surface area contributed by atoms with Gasteiger partial charge in [-0.25, -0.2) is 8.42 Å². The summed E-state index contributed by atoms with van der Waals surface area (Å²) in [6.07, 6.45) is 1.80. The van der Waals surface area contributed by atoms with E-state index in [1.807, 2.05) is 68.4 Å². The number of sulfonamides is 1. The maximum absolute atomic E-state index is 13.9. The number of anilines is 1. The Morgan fingerprint density at radius 3 is 2.19 bits per heavy atom. The van der Waals surface area contributed by atoms with Crippen molar-refractivity contribution in [2.75, 3.05) is 30.8 Å². The Hall–Kier alpha value is -3.37. The van der Waals surface area contributed by atoms with Gasteiger partial charge in [0.15, 0.2) is 0 Å². The summed E-state index contributed by atoms with van der Waals surface area (Å²) in [7, 11) is -2.16. The van der Waals surface area contributed by atoms with E-state index in [-0.39, 0.29) is 43.7 Å².